The topological polar surface area (TPSA) is 38.8 Å². The predicted octanol–water partition coefficient (Wildman–Crippen LogP) is 6.11. The van der Waals surface area contributed by atoms with Gasteiger partial charge in [-0.3, -0.25) is 9.69 Å². The van der Waals surface area contributed by atoms with Crippen molar-refractivity contribution in [2.45, 2.75) is 51.6 Å². The van der Waals surface area contributed by atoms with Crippen molar-refractivity contribution in [2.24, 2.45) is 0 Å². The van der Waals surface area contributed by atoms with Crippen LogP contribution in [0, 0.1) is 6.92 Å². The van der Waals surface area contributed by atoms with Crippen molar-refractivity contribution in [1.29, 1.82) is 0 Å². The number of methoxy groups -OCH3 is 1. The van der Waals surface area contributed by atoms with Crippen LogP contribution in [0.2, 0.25) is 0 Å². The maximum absolute atomic E-state index is 12.1. The van der Waals surface area contributed by atoms with Crippen LogP contribution in [0.25, 0.3) is 10.4 Å². The van der Waals surface area contributed by atoms with Crippen LogP contribution >= 0.6 is 11.3 Å². The van der Waals surface area contributed by atoms with E-state index in [1.54, 1.807) is 0 Å². The second kappa shape index (κ2) is 11.0. The minimum absolute atomic E-state index is 0.146. The Kier molecular flexibility index (Phi) is 7.84. The molecule has 1 aliphatic rings. The number of hydrogen-bond donors (Lipinski definition) is 0. The lowest BCUT2D eigenvalue weighted by Crippen LogP contribution is -2.46. The third kappa shape index (κ3) is 5.84. The van der Waals surface area contributed by atoms with Crippen LogP contribution in [0.1, 0.15) is 42.2 Å². The number of esters is 1. The summed E-state index contributed by atoms with van der Waals surface area (Å²) in [6.07, 6.45) is 3.79. The van der Waals surface area contributed by atoms with Crippen molar-refractivity contribution in [1.82, 2.24) is 4.90 Å². The van der Waals surface area contributed by atoms with E-state index in [-0.39, 0.29) is 18.1 Å². The minimum Gasteiger partial charge on any atom is -0.492 e. The SMILES string of the molecule is CCC(C(=O)OC)N1CCC[C@@H]1COc1ccc(Cc2ccc(-c3ccc(C)s3)cc2)cc1. The summed E-state index contributed by atoms with van der Waals surface area (Å²) in [7, 11) is 1.47. The van der Waals surface area contributed by atoms with Crippen molar-refractivity contribution in [2.75, 3.05) is 20.3 Å². The highest BCUT2D eigenvalue weighted by Gasteiger charge is 2.34. The fraction of sp³-hybridized carbons (Fsp3) is 0.393. The van der Waals surface area contributed by atoms with Gasteiger partial charge in [-0.2, -0.15) is 0 Å². The molecular formula is C28H33NO3S. The van der Waals surface area contributed by atoms with E-state index in [4.69, 9.17) is 9.47 Å². The zero-order valence-electron chi connectivity index (χ0n) is 19.8. The molecule has 0 saturated carbocycles. The van der Waals surface area contributed by atoms with Crippen LogP contribution in [-0.4, -0.2) is 43.2 Å². The van der Waals surface area contributed by atoms with Gasteiger partial charge in [0.05, 0.1) is 7.11 Å². The van der Waals surface area contributed by atoms with Gasteiger partial charge in [-0.25, -0.2) is 0 Å². The summed E-state index contributed by atoms with van der Waals surface area (Å²) in [5.41, 5.74) is 3.84. The summed E-state index contributed by atoms with van der Waals surface area (Å²) < 4.78 is 11.1. The first-order chi connectivity index (χ1) is 16.1. The Labute approximate surface area is 201 Å². The van der Waals surface area contributed by atoms with Gasteiger partial charge in [-0.15, -0.1) is 11.3 Å². The first-order valence-electron chi connectivity index (χ1n) is 11.8. The number of likely N-dealkylation sites (tertiary alicyclic amines) is 1. The fourth-order valence-corrected chi connectivity index (χ4v) is 5.50. The summed E-state index contributed by atoms with van der Waals surface area (Å²) in [4.78, 5) is 17.0. The Morgan fingerprint density at radius 3 is 2.36 bits per heavy atom. The fourth-order valence-electron chi connectivity index (χ4n) is 4.63. The summed E-state index contributed by atoms with van der Waals surface area (Å²) in [6.45, 7) is 5.69. The highest BCUT2D eigenvalue weighted by atomic mass is 32.1. The molecule has 5 heteroatoms. The highest BCUT2D eigenvalue weighted by Crippen LogP contribution is 2.28. The predicted molar refractivity (Wildman–Crippen MR) is 135 cm³/mol. The van der Waals surface area contributed by atoms with Gasteiger partial charge < -0.3 is 9.47 Å². The molecule has 0 N–H and O–H groups in total. The van der Waals surface area contributed by atoms with Crippen molar-refractivity contribution < 1.29 is 14.3 Å². The Bertz CT molecular complexity index is 1040. The molecule has 2 heterocycles. The lowest BCUT2D eigenvalue weighted by atomic mass is 10.0. The number of benzene rings is 2. The molecule has 2 atom stereocenters. The molecule has 0 aliphatic carbocycles. The third-order valence-electron chi connectivity index (χ3n) is 6.44. The average Bonchev–Trinajstić information content (AvgIpc) is 3.48. The van der Waals surface area contributed by atoms with Gasteiger partial charge in [0, 0.05) is 15.8 Å². The van der Waals surface area contributed by atoms with Gasteiger partial charge in [0.2, 0.25) is 0 Å². The number of rotatable bonds is 9. The molecule has 0 amide bonds. The Morgan fingerprint density at radius 1 is 1.06 bits per heavy atom. The summed E-state index contributed by atoms with van der Waals surface area (Å²) in [6, 6.07) is 21.7. The van der Waals surface area contributed by atoms with Gasteiger partial charge in [-0.1, -0.05) is 43.3 Å². The highest BCUT2D eigenvalue weighted by molar-refractivity contribution is 7.15. The molecule has 1 aromatic heterocycles. The van der Waals surface area contributed by atoms with E-state index in [2.05, 4.69) is 72.5 Å². The molecule has 2 aromatic carbocycles. The van der Waals surface area contributed by atoms with Crippen molar-refractivity contribution >= 4 is 17.3 Å². The second-order valence-corrected chi connectivity index (χ2v) is 10.0. The molecule has 4 nitrogen and oxygen atoms in total. The monoisotopic (exact) mass is 463 g/mol. The lowest BCUT2D eigenvalue weighted by Gasteiger charge is -2.30. The molecule has 174 valence electrons. The van der Waals surface area contributed by atoms with Crippen LogP contribution in [0.15, 0.2) is 60.7 Å². The van der Waals surface area contributed by atoms with Gasteiger partial charge in [0.15, 0.2) is 0 Å². The maximum atomic E-state index is 12.1. The smallest absolute Gasteiger partial charge is 0.323 e. The average molecular weight is 464 g/mol. The molecule has 1 saturated heterocycles. The Morgan fingerprint density at radius 2 is 1.76 bits per heavy atom. The van der Waals surface area contributed by atoms with Crippen molar-refractivity contribution in [3.63, 3.8) is 0 Å². The van der Waals surface area contributed by atoms with Crippen LogP contribution in [-0.2, 0) is 16.0 Å². The molecule has 4 rings (SSSR count). The van der Waals surface area contributed by atoms with Crippen LogP contribution in [0.3, 0.4) is 0 Å². The van der Waals surface area contributed by atoms with E-state index in [1.807, 2.05) is 18.3 Å². The summed E-state index contributed by atoms with van der Waals surface area (Å²) >= 11 is 1.83. The molecule has 33 heavy (non-hydrogen) atoms. The number of carbonyl (C=O) groups excluding carboxylic acids is 1. The number of hydrogen-bond acceptors (Lipinski definition) is 5. The normalized spacial score (nSPS) is 17.1. The molecular weight excluding hydrogens is 430 g/mol. The van der Waals surface area contributed by atoms with Crippen LogP contribution < -0.4 is 4.74 Å². The van der Waals surface area contributed by atoms with Gasteiger partial charge in [-0.05, 0) is 80.1 Å². The largest absolute Gasteiger partial charge is 0.492 e. The molecule has 0 radical (unpaired) electrons. The third-order valence-corrected chi connectivity index (χ3v) is 7.49. The van der Waals surface area contributed by atoms with Gasteiger partial charge in [0.1, 0.15) is 18.4 Å². The second-order valence-electron chi connectivity index (χ2n) is 8.72. The van der Waals surface area contributed by atoms with Gasteiger partial charge >= 0.3 is 5.97 Å². The number of thiophene rings is 1. The summed E-state index contributed by atoms with van der Waals surface area (Å²) in [5, 5.41) is 0. The van der Waals surface area contributed by atoms with E-state index in [0.717, 1.165) is 38.0 Å². The quantitative estimate of drug-likeness (QED) is 0.359. The summed E-state index contributed by atoms with van der Waals surface area (Å²) in [5.74, 6) is 0.729. The van der Waals surface area contributed by atoms with Gasteiger partial charge in [0.25, 0.3) is 0 Å². The van der Waals surface area contributed by atoms with Crippen LogP contribution in [0.4, 0.5) is 0 Å². The van der Waals surface area contributed by atoms with Crippen LogP contribution in [0.5, 0.6) is 5.75 Å². The first kappa shape index (κ1) is 23.5. The standard InChI is InChI=1S/C28H33NO3S/c1-4-26(28(30)31-3)29-17-5-6-24(29)19-32-25-14-10-22(11-15-25)18-21-8-12-23(13-9-21)27-16-7-20(2)33-27/h7-16,24,26H,4-6,17-19H2,1-3H3/t24-,26?/m1/s1. The molecule has 3 aromatic rings. The van der Waals surface area contributed by atoms with E-state index in [9.17, 15) is 4.79 Å². The van der Waals surface area contributed by atoms with Crippen molar-refractivity contribution in [3.8, 4) is 16.2 Å². The van der Waals surface area contributed by atoms with E-state index < -0.39 is 0 Å². The zero-order valence-corrected chi connectivity index (χ0v) is 20.6. The molecule has 0 spiro atoms. The number of aryl methyl sites for hydroxylation is 1. The zero-order chi connectivity index (χ0) is 23.2. The Hall–Kier alpha value is -2.63. The first-order valence-corrected chi connectivity index (χ1v) is 12.6. The molecule has 1 unspecified atom stereocenters. The molecule has 1 aliphatic heterocycles. The minimum atomic E-state index is -0.177. The molecule has 1 fully saturated rings. The van der Waals surface area contributed by atoms with Crippen molar-refractivity contribution in [3.05, 3.63) is 76.7 Å². The van der Waals surface area contributed by atoms with E-state index in [1.165, 1.54) is 33.6 Å². The Balaban J connectivity index is 1.31. The van der Waals surface area contributed by atoms with E-state index >= 15 is 0 Å². The maximum Gasteiger partial charge on any atom is 0.323 e. The number of carbonyl (C=O) groups is 1. The number of nitrogens with zero attached hydrogens (tertiary/aromatic N) is 1. The molecule has 0 bridgehead atoms. The van der Waals surface area contributed by atoms with E-state index in [0.29, 0.717) is 6.61 Å². The number of ether oxygens (including phenoxy) is 2. The lowest BCUT2D eigenvalue weighted by molar-refractivity contribution is -0.147.